The van der Waals surface area contributed by atoms with Crippen LogP contribution in [0.2, 0.25) is 0 Å². The monoisotopic (exact) mass is 439 g/mol. The molecule has 0 aromatic carbocycles. The van der Waals surface area contributed by atoms with E-state index in [1.807, 2.05) is 42.1 Å². The van der Waals surface area contributed by atoms with E-state index in [4.69, 9.17) is 9.97 Å². The highest BCUT2D eigenvalue weighted by Gasteiger charge is 2.28. The number of anilines is 2. The van der Waals surface area contributed by atoms with Gasteiger partial charge in [-0.15, -0.1) is 0 Å². The van der Waals surface area contributed by atoms with Crippen molar-refractivity contribution in [1.29, 1.82) is 0 Å². The normalized spacial score (nSPS) is 15.7. The predicted molar refractivity (Wildman–Crippen MR) is 127 cm³/mol. The zero-order valence-corrected chi connectivity index (χ0v) is 18.5. The Hall–Kier alpha value is -3.78. The summed E-state index contributed by atoms with van der Waals surface area (Å²) in [4.78, 5) is 29.3. The van der Waals surface area contributed by atoms with Gasteiger partial charge >= 0.3 is 0 Å². The molecule has 8 heteroatoms. The van der Waals surface area contributed by atoms with Gasteiger partial charge in [-0.3, -0.25) is 14.7 Å². The molecule has 8 nitrogen and oxygen atoms in total. The van der Waals surface area contributed by atoms with Gasteiger partial charge in [0.1, 0.15) is 11.5 Å². The molecule has 0 radical (unpaired) electrons. The number of rotatable bonds is 5. The highest BCUT2D eigenvalue weighted by atomic mass is 16.1. The van der Waals surface area contributed by atoms with Crippen LogP contribution in [0.4, 0.5) is 11.5 Å². The van der Waals surface area contributed by atoms with Crippen molar-refractivity contribution in [2.24, 2.45) is 7.05 Å². The molecule has 0 bridgehead atoms. The van der Waals surface area contributed by atoms with E-state index in [1.165, 1.54) is 12.8 Å². The largest absolute Gasteiger partial charge is 0.348 e. The van der Waals surface area contributed by atoms with Crippen LogP contribution in [0.1, 0.15) is 34.5 Å². The first-order valence-corrected chi connectivity index (χ1v) is 11.3. The van der Waals surface area contributed by atoms with E-state index in [0.29, 0.717) is 17.8 Å². The van der Waals surface area contributed by atoms with Crippen LogP contribution in [0.25, 0.3) is 22.3 Å². The fraction of sp³-hybridized carbons (Fsp3) is 0.280. The van der Waals surface area contributed by atoms with Gasteiger partial charge < -0.3 is 15.2 Å². The molecule has 6 rings (SSSR count). The lowest BCUT2D eigenvalue weighted by Gasteiger charge is -2.16. The summed E-state index contributed by atoms with van der Waals surface area (Å²) in [5.41, 5.74) is 5.90. The maximum absolute atomic E-state index is 12.8. The number of aryl methyl sites for hydroxylation is 1. The van der Waals surface area contributed by atoms with E-state index in [2.05, 4.69) is 26.6 Å². The molecule has 1 amide bonds. The second-order valence-corrected chi connectivity index (χ2v) is 8.70. The van der Waals surface area contributed by atoms with Crippen molar-refractivity contribution in [3.8, 4) is 11.3 Å². The Kier molecular flexibility index (Phi) is 4.80. The number of likely N-dealkylation sites (tertiary alicyclic amines) is 1. The maximum Gasteiger partial charge on any atom is 0.254 e. The summed E-state index contributed by atoms with van der Waals surface area (Å²) in [5.74, 6) is 0.625. The fourth-order valence-electron chi connectivity index (χ4n) is 4.88. The average molecular weight is 440 g/mol. The number of amides is 1. The molecule has 0 saturated carbocycles. The molecule has 4 aromatic heterocycles. The Balaban J connectivity index is 1.36. The van der Waals surface area contributed by atoms with Crippen molar-refractivity contribution in [2.45, 2.75) is 25.9 Å². The van der Waals surface area contributed by atoms with Crippen molar-refractivity contribution >= 4 is 28.4 Å². The molecule has 2 N–H and O–H groups in total. The van der Waals surface area contributed by atoms with E-state index in [9.17, 15) is 4.79 Å². The Labute approximate surface area is 191 Å². The Morgan fingerprint density at radius 1 is 1.12 bits per heavy atom. The van der Waals surface area contributed by atoms with E-state index < -0.39 is 0 Å². The van der Waals surface area contributed by atoms with Gasteiger partial charge in [0.15, 0.2) is 0 Å². The third-order valence-corrected chi connectivity index (χ3v) is 6.51. The standard InChI is InChI=1S/C25H25N7O/c1-31-12-8-18-17(7-9-26-24(18)31)23-19-13-28-25(33)22(19)20(14-27-23)30-21-6-4-5-16(29-21)15-32-10-2-3-11-32/h4-9,12,14H,2-3,10-11,13,15H2,1H3,(H,28,33)(H,29,30). The van der Waals surface area contributed by atoms with Crippen LogP contribution in [-0.4, -0.2) is 43.4 Å². The number of pyridine rings is 3. The van der Waals surface area contributed by atoms with Gasteiger partial charge in [-0.1, -0.05) is 6.07 Å². The van der Waals surface area contributed by atoms with E-state index >= 15 is 0 Å². The molecule has 0 spiro atoms. The molecular formula is C25H25N7O. The number of hydrogen-bond donors (Lipinski definition) is 2. The molecular weight excluding hydrogens is 414 g/mol. The van der Waals surface area contributed by atoms with E-state index in [1.54, 1.807) is 12.4 Å². The summed E-state index contributed by atoms with van der Waals surface area (Å²) in [6, 6.07) is 9.99. The lowest BCUT2D eigenvalue weighted by molar-refractivity contribution is 0.0966. The number of fused-ring (bicyclic) bond motifs is 2. The van der Waals surface area contributed by atoms with Crippen LogP contribution in [-0.2, 0) is 20.1 Å². The topological polar surface area (TPSA) is 88.0 Å². The first-order valence-electron chi connectivity index (χ1n) is 11.3. The highest BCUT2D eigenvalue weighted by molar-refractivity contribution is 6.06. The molecule has 2 aliphatic heterocycles. The summed E-state index contributed by atoms with van der Waals surface area (Å²) >= 11 is 0. The van der Waals surface area contributed by atoms with Gasteiger partial charge in [0, 0.05) is 49.0 Å². The van der Waals surface area contributed by atoms with Crippen molar-refractivity contribution < 1.29 is 4.79 Å². The average Bonchev–Trinajstić information content (AvgIpc) is 3.56. The van der Waals surface area contributed by atoms with Crippen molar-refractivity contribution in [3.05, 3.63) is 65.7 Å². The SMILES string of the molecule is Cn1ccc2c(-c3ncc(Nc4cccc(CN5CCCC5)n4)c4c3CNC4=O)ccnc21. The van der Waals surface area contributed by atoms with Crippen LogP contribution in [0.3, 0.4) is 0 Å². The number of carbonyl (C=O) groups excluding carboxylic acids is 1. The van der Waals surface area contributed by atoms with Crippen molar-refractivity contribution in [1.82, 2.24) is 29.7 Å². The minimum absolute atomic E-state index is 0.0947. The molecule has 0 atom stereocenters. The summed E-state index contributed by atoms with van der Waals surface area (Å²) < 4.78 is 1.99. The van der Waals surface area contributed by atoms with Gasteiger partial charge in [0.25, 0.3) is 5.91 Å². The number of aromatic nitrogens is 4. The molecule has 2 aliphatic rings. The lowest BCUT2D eigenvalue weighted by atomic mass is 10.0. The van der Waals surface area contributed by atoms with Crippen LogP contribution < -0.4 is 10.6 Å². The molecule has 6 heterocycles. The van der Waals surface area contributed by atoms with Crippen molar-refractivity contribution in [3.63, 3.8) is 0 Å². The summed E-state index contributed by atoms with van der Waals surface area (Å²) in [6.07, 6.45) is 8.02. The molecule has 0 unspecified atom stereocenters. The molecule has 4 aromatic rings. The van der Waals surface area contributed by atoms with Gasteiger partial charge in [0.05, 0.1) is 28.8 Å². The third kappa shape index (κ3) is 3.52. The van der Waals surface area contributed by atoms with Crippen LogP contribution >= 0.6 is 0 Å². The second kappa shape index (κ2) is 7.97. The van der Waals surface area contributed by atoms with E-state index in [-0.39, 0.29) is 5.91 Å². The lowest BCUT2D eigenvalue weighted by Crippen LogP contribution is -2.19. The minimum atomic E-state index is -0.0947. The number of carbonyl (C=O) groups is 1. The quantitative estimate of drug-likeness (QED) is 0.494. The first-order chi connectivity index (χ1) is 16.2. The van der Waals surface area contributed by atoms with Gasteiger partial charge in [-0.05, 0) is 50.2 Å². The maximum atomic E-state index is 12.8. The molecule has 1 saturated heterocycles. The third-order valence-electron chi connectivity index (χ3n) is 6.51. The van der Waals surface area contributed by atoms with Gasteiger partial charge in [-0.25, -0.2) is 9.97 Å². The van der Waals surface area contributed by atoms with Crippen LogP contribution in [0.15, 0.2) is 48.9 Å². The van der Waals surface area contributed by atoms with Crippen molar-refractivity contribution in [2.75, 3.05) is 18.4 Å². The first kappa shape index (κ1) is 19.9. The van der Waals surface area contributed by atoms with Gasteiger partial charge in [-0.2, -0.15) is 0 Å². The van der Waals surface area contributed by atoms with Gasteiger partial charge in [0.2, 0.25) is 0 Å². The summed E-state index contributed by atoms with van der Waals surface area (Å²) in [6.45, 7) is 3.55. The fourth-order valence-corrected chi connectivity index (χ4v) is 4.88. The summed E-state index contributed by atoms with van der Waals surface area (Å²) in [7, 11) is 1.97. The smallest absolute Gasteiger partial charge is 0.254 e. The van der Waals surface area contributed by atoms with E-state index in [0.717, 1.165) is 59.0 Å². The highest BCUT2D eigenvalue weighted by Crippen LogP contribution is 2.35. The Morgan fingerprint density at radius 2 is 2.00 bits per heavy atom. The number of nitrogens with one attached hydrogen (secondary N) is 2. The summed E-state index contributed by atoms with van der Waals surface area (Å²) in [5, 5.41) is 7.34. The minimum Gasteiger partial charge on any atom is -0.348 e. The zero-order valence-electron chi connectivity index (χ0n) is 18.5. The molecule has 0 aliphatic carbocycles. The second-order valence-electron chi connectivity index (χ2n) is 8.70. The number of hydrogen-bond acceptors (Lipinski definition) is 6. The Morgan fingerprint density at radius 3 is 2.88 bits per heavy atom. The molecule has 166 valence electrons. The Bertz CT molecular complexity index is 1370. The van der Waals surface area contributed by atoms with Crippen LogP contribution in [0.5, 0.6) is 0 Å². The zero-order chi connectivity index (χ0) is 22.4. The number of nitrogens with zero attached hydrogens (tertiary/aromatic N) is 5. The molecule has 33 heavy (non-hydrogen) atoms. The predicted octanol–water partition coefficient (Wildman–Crippen LogP) is 3.61. The molecule has 1 fully saturated rings. The van der Waals surface area contributed by atoms with Crippen LogP contribution in [0, 0.1) is 0 Å².